The minimum absolute atomic E-state index is 0.0199. The molecule has 1 saturated carbocycles. The number of rotatable bonds is 3. The summed E-state index contributed by atoms with van der Waals surface area (Å²) in [6.45, 7) is 8.79. The molecule has 3 aliphatic carbocycles. The summed E-state index contributed by atoms with van der Waals surface area (Å²) in [4.78, 5) is 0.391. The van der Waals surface area contributed by atoms with Gasteiger partial charge in [0.2, 0.25) is 0 Å². The molecule has 1 fully saturated rings. The molecular weight excluding hydrogens is 378 g/mol. The Morgan fingerprint density at radius 1 is 1.00 bits per heavy atom. The Morgan fingerprint density at radius 2 is 1.69 bits per heavy atom. The monoisotopic (exact) mass is 407 g/mol. The van der Waals surface area contributed by atoms with Crippen molar-refractivity contribution in [3.63, 3.8) is 0 Å². The topological polar surface area (TPSA) is 37.4 Å². The first kappa shape index (κ1) is 18.9. The molecule has 2 bridgehead atoms. The van der Waals surface area contributed by atoms with E-state index < -0.39 is 10.0 Å². The van der Waals surface area contributed by atoms with Crippen molar-refractivity contribution in [3.05, 3.63) is 71.3 Å². The quantitative estimate of drug-likeness (QED) is 0.628. The smallest absolute Gasteiger partial charge is 0.262 e. The number of para-hydroxylation sites is 1. The van der Waals surface area contributed by atoms with E-state index in [2.05, 4.69) is 39.0 Å². The number of allylic oxidation sites excluding steroid dienone is 1. The molecule has 0 N–H and O–H groups in total. The van der Waals surface area contributed by atoms with Gasteiger partial charge in [-0.25, -0.2) is 8.42 Å². The van der Waals surface area contributed by atoms with Crippen molar-refractivity contribution < 1.29 is 8.42 Å². The molecule has 29 heavy (non-hydrogen) atoms. The fraction of sp³-hybridized carbons (Fsp3) is 0.440. The third-order valence-electron chi connectivity index (χ3n) is 7.49. The second-order valence-electron chi connectivity index (χ2n) is 9.43. The zero-order valence-electron chi connectivity index (χ0n) is 17.5. The van der Waals surface area contributed by atoms with Gasteiger partial charge in [-0.15, -0.1) is 0 Å². The van der Waals surface area contributed by atoms with E-state index in [0.29, 0.717) is 22.6 Å². The lowest BCUT2D eigenvalue weighted by Crippen LogP contribution is -2.53. The fourth-order valence-electron chi connectivity index (χ4n) is 6.11. The summed E-state index contributed by atoms with van der Waals surface area (Å²) >= 11 is 0. The van der Waals surface area contributed by atoms with Gasteiger partial charge in [0.1, 0.15) is 0 Å². The largest absolute Gasteiger partial charge is 0.264 e. The fourth-order valence-corrected chi connectivity index (χ4v) is 7.83. The highest BCUT2D eigenvalue weighted by Gasteiger charge is 2.57. The van der Waals surface area contributed by atoms with Crippen LogP contribution < -0.4 is 4.31 Å². The van der Waals surface area contributed by atoms with Gasteiger partial charge >= 0.3 is 0 Å². The molecule has 0 spiro atoms. The highest BCUT2D eigenvalue weighted by atomic mass is 32.2. The molecule has 2 aromatic carbocycles. The molecule has 0 amide bonds. The zero-order valence-corrected chi connectivity index (χ0v) is 18.4. The van der Waals surface area contributed by atoms with Crippen LogP contribution in [0.3, 0.4) is 0 Å². The SMILES string of the molecule is CC1=C[C@@H]2C(C(C)C)C[C@H]1C1c3ccccc3N(S(=O)(=O)c3ccc(C)cc3)C12. The summed E-state index contributed by atoms with van der Waals surface area (Å²) in [6, 6.07) is 15.4. The molecule has 152 valence electrons. The van der Waals surface area contributed by atoms with Gasteiger partial charge in [-0.3, -0.25) is 4.31 Å². The summed E-state index contributed by atoms with van der Waals surface area (Å²) in [5.41, 5.74) is 4.60. The van der Waals surface area contributed by atoms with Gasteiger partial charge in [-0.05, 0) is 61.8 Å². The highest BCUT2D eigenvalue weighted by molar-refractivity contribution is 7.92. The minimum Gasteiger partial charge on any atom is -0.262 e. The first-order valence-electron chi connectivity index (χ1n) is 10.7. The number of hydrogen-bond donors (Lipinski definition) is 0. The zero-order chi connectivity index (χ0) is 20.5. The van der Waals surface area contributed by atoms with Crippen LogP contribution in [0.25, 0.3) is 0 Å². The maximum atomic E-state index is 13.9. The van der Waals surface area contributed by atoms with E-state index in [1.54, 1.807) is 16.4 Å². The van der Waals surface area contributed by atoms with Crippen LogP contribution in [0.4, 0.5) is 5.69 Å². The predicted molar refractivity (Wildman–Crippen MR) is 117 cm³/mol. The third kappa shape index (κ3) is 2.64. The lowest BCUT2D eigenvalue weighted by Gasteiger charge is -2.52. The van der Waals surface area contributed by atoms with Gasteiger partial charge in [-0.1, -0.05) is 61.4 Å². The number of anilines is 1. The predicted octanol–water partition coefficient (Wildman–Crippen LogP) is 5.52. The molecule has 3 unspecified atom stereocenters. The number of hydrogen-bond acceptors (Lipinski definition) is 2. The molecular formula is C25H29NO2S. The molecule has 0 aromatic heterocycles. The van der Waals surface area contributed by atoms with Crippen molar-refractivity contribution in [1.82, 2.24) is 0 Å². The summed E-state index contributed by atoms with van der Waals surface area (Å²) < 4.78 is 29.6. The third-order valence-corrected chi connectivity index (χ3v) is 9.32. The minimum atomic E-state index is -3.62. The number of sulfonamides is 1. The van der Waals surface area contributed by atoms with Crippen molar-refractivity contribution >= 4 is 15.7 Å². The van der Waals surface area contributed by atoms with Crippen LogP contribution in [0.2, 0.25) is 0 Å². The van der Waals surface area contributed by atoms with E-state index in [0.717, 1.165) is 11.3 Å². The second-order valence-corrected chi connectivity index (χ2v) is 11.2. The normalized spacial score (nSPS) is 30.3. The van der Waals surface area contributed by atoms with E-state index in [1.165, 1.54) is 17.6 Å². The van der Waals surface area contributed by atoms with Crippen LogP contribution >= 0.6 is 0 Å². The van der Waals surface area contributed by atoms with Crippen LogP contribution in [0.15, 0.2) is 65.1 Å². The number of fused-ring (bicyclic) bond motifs is 2. The average Bonchev–Trinajstić information content (AvgIpc) is 3.05. The van der Waals surface area contributed by atoms with Crippen LogP contribution in [0.5, 0.6) is 0 Å². The Hall–Kier alpha value is -2.07. The van der Waals surface area contributed by atoms with E-state index in [9.17, 15) is 8.42 Å². The number of benzene rings is 2. The molecule has 6 rings (SSSR count). The van der Waals surface area contributed by atoms with Gasteiger partial charge in [0, 0.05) is 11.8 Å². The number of nitrogens with zero attached hydrogens (tertiary/aromatic N) is 1. The first-order valence-corrected chi connectivity index (χ1v) is 12.1. The molecule has 3 nitrogen and oxygen atoms in total. The lowest BCUT2D eigenvalue weighted by atomic mass is 9.56. The van der Waals surface area contributed by atoms with Crippen LogP contribution in [0, 0.1) is 30.6 Å². The summed E-state index contributed by atoms with van der Waals surface area (Å²) in [6.07, 6.45) is 3.56. The molecule has 1 aliphatic heterocycles. The van der Waals surface area contributed by atoms with Gasteiger partial charge in [-0.2, -0.15) is 0 Å². The molecule has 1 heterocycles. The Balaban J connectivity index is 1.70. The van der Waals surface area contributed by atoms with Gasteiger partial charge in [0.25, 0.3) is 10.0 Å². The summed E-state index contributed by atoms with van der Waals surface area (Å²) in [5, 5.41) is 0. The van der Waals surface area contributed by atoms with Gasteiger partial charge < -0.3 is 0 Å². The van der Waals surface area contributed by atoms with Crippen molar-refractivity contribution in [1.29, 1.82) is 0 Å². The van der Waals surface area contributed by atoms with Crippen LogP contribution in [-0.4, -0.2) is 14.5 Å². The summed E-state index contributed by atoms with van der Waals surface area (Å²) in [7, 11) is -3.62. The van der Waals surface area contributed by atoms with Crippen molar-refractivity contribution in [2.75, 3.05) is 4.31 Å². The average molecular weight is 408 g/mol. The van der Waals surface area contributed by atoms with E-state index in [4.69, 9.17) is 0 Å². The Bertz CT molecular complexity index is 1080. The van der Waals surface area contributed by atoms with E-state index in [1.807, 2.05) is 31.2 Å². The van der Waals surface area contributed by atoms with Crippen molar-refractivity contribution in [3.8, 4) is 0 Å². The Kier molecular flexibility index (Phi) is 4.22. The second kappa shape index (κ2) is 6.46. The molecule has 0 saturated heterocycles. The Labute approximate surface area is 174 Å². The van der Waals surface area contributed by atoms with Gasteiger partial charge in [0.05, 0.1) is 16.6 Å². The van der Waals surface area contributed by atoms with Crippen molar-refractivity contribution in [2.45, 2.75) is 51.0 Å². The molecule has 4 heteroatoms. The van der Waals surface area contributed by atoms with Crippen molar-refractivity contribution in [2.24, 2.45) is 23.7 Å². The maximum absolute atomic E-state index is 13.9. The van der Waals surface area contributed by atoms with Gasteiger partial charge in [0.15, 0.2) is 0 Å². The standard InChI is InChI=1S/C25H29NO2S/c1-15(2)20-14-21-17(4)13-22(20)25-24(21)19-7-5-6-8-23(19)26(25)29(27,28)18-11-9-16(3)10-12-18/h5-13,15,20-22,24-25H,14H2,1-4H3/t20?,21-,22-,24?,25?/m1/s1. The maximum Gasteiger partial charge on any atom is 0.264 e. The van der Waals surface area contributed by atoms with E-state index in [-0.39, 0.29) is 17.9 Å². The van der Waals surface area contributed by atoms with Crippen LogP contribution in [0.1, 0.15) is 44.2 Å². The molecule has 5 atom stereocenters. The van der Waals surface area contributed by atoms with Crippen LogP contribution in [-0.2, 0) is 10.0 Å². The number of aryl methyl sites for hydroxylation is 1. The summed E-state index contributed by atoms with van der Waals surface area (Å²) in [5.74, 6) is 2.02. The first-order chi connectivity index (χ1) is 13.8. The highest BCUT2D eigenvalue weighted by Crippen LogP contribution is 2.61. The Morgan fingerprint density at radius 3 is 2.38 bits per heavy atom. The van der Waals surface area contributed by atoms with E-state index >= 15 is 0 Å². The molecule has 2 aromatic rings. The molecule has 4 aliphatic rings. The lowest BCUT2D eigenvalue weighted by molar-refractivity contribution is 0.124. The molecule has 0 radical (unpaired) electrons.